The molecule has 2 aliphatic rings. The zero-order chi connectivity index (χ0) is 27.2. The van der Waals surface area contributed by atoms with Gasteiger partial charge in [-0.05, 0) is 42.2 Å². The van der Waals surface area contributed by atoms with Gasteiger partial charge in [0.05, 0.1) is 17.0 Å². The molecule has 0 spiro atoms. The minimum Gasteiger partial charge on any atom is -0.384 e. The van der Waals surface area contributed by atoms with Crippen LogP contribution in [-0.4, -0.2) is 50.8 Å². The van der Waals surface area contributed by atoms with Crippen LogP contribution in [0.1, 0.15) is 66.2 Å². The van der Waals surface area contributed by atoms with Crippen LogP contribution in [0.5, 0.6) is 0 Å². The fourth-order valence-electron chi connectivity index (χ4n) is 5.69. The fourth-order valence-corrected chi connectivity index (χ4v) is 5.69. The number of aliphatic hydroxyl groups is 1. The first-order chi connectivity index (χ1) is 18.0. The summed E-state index contributed by atoms with van der Waals surface area (Å²) in [6.45, 7) is 5.40. The van der Waals surface area contributed by atoms with Crippen LogP contribution in [0.15, 0.2) is 42.7 Å². The number of piperidine rings is 2. The van der Waals surface area contributed by atoms with Crippen molar-refractivity contribution in [3.8, 4) is 0 Å². The van der Waals surface area contributed by atoms with Crippen molar-refractivity contribution >= 4 is 28.6 Å². The van der Waals surface area contributed by atoms with Crippen molar-refractivity contribution in [2.75, 3.05) is 13.1 Å². The van der Waals surface area contributed by atoms with Gasteiger partial charge in [-0.15, -0.1) is 0 Å². The third-order valence-electron chi connectivity index (χ3n) is 7.92. The molecule has 3 amide bonds. The second-order valence-corrected chi connectivity index (χ2v) is 10.9. The highest BCUT2D eigenvalue weighted by Crippen LogP contribution is 2.48. The highest BCUT2D eigenvalue weighted by molar-refractivity contribution is 6.01. The zero-order valence-electron chi connectivity index (χ0n) is 21.3. The molecule has 198 valence electrons. The molecule has 10 heteroatoms. The van der Waals surface area contributed by atoms with E-state index >= 15 is 4.39 Å². The molecule has 9 nitrogen and oxygen atoms in total. The van der Waals surface area contributed by atoms with Gasteiger partial charge in [-0.3, -0.25) is 34.6 Å². The monoisotopic (exact) mass is 519 g/mol. The average molecular weight is 520 g/mol. The van der Waals surface area contributed by atoms with Crippen molar-refractivity contribution in [1.29, 1.82) is 0 Å². The lowest BCUT2D eigenvalue weighted by Gasteiger charge is -2.50. The van der Waals surface area contributed by atoms with E-state index in [1.54, 1.807) is 42.7 Å². The van der Waals surface area contributed by atoms with Crippen LogP contribution in [0.3, 0.4) is 0 Å². The number of nitrogens with zero attached hydrogens (tertiary/aromatic N) is 3. The summed E-state index contributed by atoms with van der Waals surface area (Å²) in [5.74, 6) is -2.45. The maximum Gasteiger partial charge on any atom is 0.267 e. The normalized spacial score (nSPS) is 23.8. The minimum absolute atomic E-state index is 0.198. The van der Waals surface area contributed by atoms with Gasteiger partial charge in [0.1, 0.15) is 11.5 Å². The van der Waals surface area contributed by atoms with Crippen molar-refractivity contribution in [3.05, 3.63) is 70.9 Å². The molecule has 1 aromatic carbocycles. The number of fused-ring (bicyclic) bond motifs is 1. The molecule has 2 aromatic heterocycles. The van der Waals surface area contributed by atoms with E-state index in [0.717, 1.165) is 5.56 Å². The summed E-state index contributed by atoms with van der Waals surface area (Å²) in [5.41, 5.74) is 5.37. The molecule has 38 heavy (non-hydrogen) atoms. The van der Waals surface area contributed by atoms with Crippen LogP contribution in [0.4, 0.5) is 4.39 Å². The van der Waals surface area contributed by atoms with Crippen molar-refractivity contribution < 1.29 is 23.9 Å². The second kappa shape index (κ2) is 9.52. The van der Waals surface area contributed by atoms with Crippen LogP contribution < -0.4 is 11.1 Å². The number of nitrogens with two attached hydrogens (primary N) is 1. The Labute approximate surface area is 219 Å². The molecule has 2 fully saturated rings. The number of hydrogen-bond donors (Lipinski definition) is 3. The third kappa shape index (κ3) is 4.54. The Morgan fingerprint density at radius 2 is 2.00 bits per heavy atom. The highest BCUT2D eigenvalue weighted by atomic mass is 19.1. The Hall–Kier alpha value is -3.76. The summed E-state index contributed by atoms with van der Waals surface area (Å²) < 4.78 is 16.1. The van der Waals surface area contributed by atoms with Crippen LogP contribution in [0, 0.1) is 11.2 Å². The lowest BCUT2D eigenvalue weighted by Crippen LogP contribution is -2.55. The Kier molecular flexibility index (Phi) is 6.48. The zero-order valence-corrected chi connectivity index (χ0v) is 21.3. The Morgan fingerprint density at radius 3 is 2.66 bits per heavy atom. The number of carbonyl (C=O) groups excluding carboxylic acids is 3. The summed E-state index contributed by atoms with van der Waals surface area (Å²) >= 11 is 0. The molecule has 2 atom stereocenters. The predicted molar refractivity (Wildman–Crippen MR) is 137 cm³/mol. The average Bonchev–Trinajstić information content (AvgIpc) is 2.87. The van der Waals surface area contributed by atoms with Gasteiger partial charge >= 0.3 is 0 Å². The van der Waals surface area contributed by atoms with E-state index < -0.39 is 34.6 Å². The molecule has 0 bridgehead atoms. The molecule has 2 saturated heterocycles. The van der Waals surface area contributed by atoms with E-state index in [0.29, 0.717) is 43.6 Å². The lowest BCUT2D eigenvalue weighted by molar-refractivity contribution is -0.134. The summed E-state index contributed by atoms with van der Waals surface area (Å²) in [6, 6.07) is 8.28. The summed E-state index contributed by atoms with van der Waals surface area (Å²) in [4.78, 5) is 45.8. The van der Waals surface area contributed by atoms with Gasteiger partial charge in [0, 0.05) is 54.8 Å². The number of aromatic nitrogens is 2. The van der Waals surface area contributed by atoms with Crippen LogP contribution in [0.2, 0.25) is 0 Å². The molecule has 0 radical (unpaired) electrons. The maximum absolute atomic E-state index is 16.1. The van der Waals surface area contributed by atoms with Crippen LogP contribution in [-0.2, 0) is 21.7 Å². The van der Waals surface area contributed by atoms with E-state index in [9.17, 15) is 19.5 Å². The predicted octanol–water partition coefficient (Wildman–Crippen LogP) is 2.51. The van der Waals surface area contributed by atoms with Crippen molar-refractivity contribution in [3.63, 3.8) is 0 Å². The number of carbonyl (C=O) groups is 3. The first kappa shape index (κ1) is 25.9. The molecular weight excluding hydrogens is 489 g/mol. The molecule has 0 saturated carbocycles. The van der Waals surface area contributed by atoms with Gasteiger partial charge in [-0.1, -0.05) is 26.0 Å². The number of nitrogens with one attached hydrogen (secondary N) is 1. The molecular formula is C28H30FN5O4. The fraction of sp³-hybridized carbons (Fsp3) is 0.393. The molecule has 4 N–H and O–H groups in total. The van der Waals surface area contributed by atoms with Gasteiger partial charge in [-0.2, -0.15) is 0 Å². The number of likely N-dealkylation sites (tertiary alicyclic amines) is 1. The highest BCUT2D eigenvalue weighted by Gasteiger charge is 2.50. The molecule has 5 rings (SSSR count). The number of imide groups is 1. The van der Waals surface area contributed by atoms with E-state index in [1.165, 1.54) is 0 Å². The van der Waals surface area contributed by atoms with E-state index in [-0.39, 0.29) is 29.0 Å². The maximum atomic E-state index is 16.1. The SMILES string of the molecule is CC1(C)CN(Cc2ccc(C(N)=O)nc2)CC[C@@]1(O)c1ccc2ncc(C3CCC(=O)NC3=O)cc2c1F. The van der Waals surface area contributed by atoms with Crippen LogP contribution in [0.25, 0.3) is 10.9 Å². The van der Waals surface area contributed by atoms with Gasteiger partial charge < -0.3 is 10.8 Å². The van der Waals surface area contributed by atoms with Gasteiger partial charge in [0.25, 0.3) is 5.91 Å². The number of benzene rings is 1. The molecule has 4 heterocycles. The molecule has 1 unspecified atom stereocenters. The minimum atomic E-state index is -1.44. The summed E-state index contributed by atoms with van der Waals surface area (Å²) in [5, 5.41) is 14.5. The lowest BCUT2D eigenvalue weighted by atomic mass is 9.66. The van der Waals surface area contributed by atoms with E-state index in [2.05, 4.69) is 20.2 Å². The number of rotatable bonds is 5. The number of primary amides is 1. The Balaban J connectivity index is 1.41. The first-order valence-electron chi connectivity index (χ1n) is 12.6. The number of amides is 3. The molecule has 3 aromatic rings. The van der Waals surface area contributed by atoms with Crippen LogP contribution >= 0.6 is 0 Å². The largest absolute Gasteiger partial charge is 0.384 e. The second-order valence-electron chi connectivity index (χ2n) is 10.9. The number of hydrogen-bond acceptors (Lipinski definition) is 7. The van der Waals surface area contributed by atoms with Gasteiger partial charge in [0.15, 0.2) is 0 Å². The summed E-state index contributed by atoms with van der Waals surface area (Å²) in [6.07, 6.45) is 4.02. The number of pyridine rings is 2. The topological polar surface area (TPSA) is 139 Å². The number of halogens is 1. The smallest absolute Gasteiger partial charge is 0.267 e. The standard InChI is InChI=1S/C28H30FN5O4/c1-27(2)15-34(14-16-3-6-22(25(30)36)31-12-16)10-9-28(27,38)20-5-7-21-19(24(20)29)11-17(13-32-21)18-4-8-23(35)33-26(18)37/h3,5-7,11-13,18,38H,4,8-10,14-15H2,1-2H3,(H2,30,36)(H,33,35,37)/t18?,28-/m1/s1. The Morgan fingerprint density at radius 1 is 1.21 bits per heavy atom. The van der Waals surface area contributed by atoms with Crippen molar-refractivity contribution in [2.24, 2.45) is 11.1 Å². The first-order valence-corrected chi connectivity index (χ1v) is 12.6. The van der Waals surface area contributed by atoms with E-state index in [1.807, 2.05) is 13.8 Å². The summed E-state index contributed by atoms with van der Waals surface area (Å²) in [7, 11) is 0. The van der Waals surface area contributed by atoms with Gasteiger partial charge in [-0.25, -0.2) is 4.39 Å². The third-order valence-corrected chi connectivity index (χ3v) is 7.92. The van der Waals surface area contributed by atoms with Crippen molar-refractivity contribution in [2.45, 2.75) is 51.2 Å². The molecule has 0 aliphatic carbocycles. The van der Waals surface area contributed by atoms with Gasteiger partial charge in [0.2, 0.25) is 11.8 Å². The Bertz CT molecular complexity index is 1440. The van der Waals surface area contributed by atoms with E-state index in [4.69, 9.17) is 5.73 Å². The molecule has 2 aliphatic heterocycles. The van der Waals surface area contributed by atoms with Crippen molar-refractivity contribution in [1.82, 2.24) is 20.2 Å². The quantitative estimate of drug-likeness (QED) is 0.440.